The van der Waals surface area contributed by atoms with Crippen molar-refractivity contribution in [2.75, 3.05) is 47.1 Å². The Hall–Kier alpha value is -1.14. The molecule has 0 aliphatic heterocycles. The zero-order chi connectivity index (χ0) is 12.2. The molecule has 0 spiro atoms. The van der Waals surface area contributed by atoms with Crippen LogP contribution < -0.4 is 5.32 Å². The minimum atomic E-state index is 0.0480. The molecule has 0 unspecified atom stereocenters. The molecule has 0 aliphatic carbocycles. The highest BCUT2D eigenvalue weighted by Crippen LogP contribution is 1.89. The van der Waals surface area contributed by atoms with Gasteiger partial charge in [0.15, 0.2) is 6.40 Å². The van der Waals surface area contributed by atoms with E-state index in [4.69, 9.17) is 4.74 Å². The molecule has 0 bridgehead atoms. The summed E-state index contributed by atoms with van der Waals surface area (Å²) in [5, 5.41) is 3.04. The van der Waals surface area contributed by atoms with Crippen molar-refractivity contribution in [3.63, 3.8) is 0 Å². The number of hydrogen-bond acceptors (Lipinski definition) is 5. The fourth-order valence-corrected chi connectivity index (χ4v) is 1.12. The number of amides is 1. The number of carbonyl (C=O) groups excluding carboxylic acids is 1. The van der Waals surface area contributed by atoms with Gasteiger partial charge in [-0.2, -0.15) is 0 Å². The Bertz CT molecular complexity index is 209. The number of carbonyl (C=O) groups is 1. The standard InChI is InChI=1S/C10H21N3O3/c1-10(14)13(6-4-11-8-15-2)7-5-12-9-16-3/h8,12H,4-7,9H2,1-3H3/b11-8-. The van der Waals surface area contributed by atoms with E-state index in [1.54, 1.807) is 26.0 Å². The Morgan fingerprint density at radius 3 is 2.75 bits per heavy atom. The van der Waals surface area contributed by atoms with Crippen LogP contribution in [0, 0.1) is 0 Å². The first-order valence-electron chi connectivity index (χ1n) is 5.18. The Morgan fingerprint density at radius 2 is 2.19 bits per heavy atom. The van der Waals surface area contributed by atoms with Crippen molar-refractivity contribution in [2.45, 2.75) is 6.92 Å². The summed E-state index contributed by atoms with van der Waals surface area (Å²) in [5.74, 6) is 0.0480. The van der Waals surface area contributed by atoms with Crippen LogP contribution in [-0.2, 0) is 14.3 Å². The van der Waals surface area contributed by atoms with Crippen molar-refractivity contribution in [3.05, 3.63) is 0 Å². The highest BCUT2D eigenvalue weighted by atomic mass is 16.5. The summed E-state index contributed by atoms with van der Waals surface area (Å²) in [6, 6.07) is 0. The zero-order valence-corrected chi connectivity index (χ0v) is 10.2. The summed E-state index contributed by atoms with van der Waals surface area (Å²) < 4.78 is 9.52. The smallest absolute Gasteiger partial charge is 0.219 e. The first-order chi connectivity index (χ1) is 7.72. The van der Waals surface area contributed by atoms with Gasteiger partial charge < -0.3 is 14.4 Å². The Kier molecular flexibility index (Phi) is 9.64. The summed E-state index contributed by atoms with van der Waals surface area (Å²) in [5.41, 5.74) is 0. The Labute approximate surface area is 96.6 Å². The summed E-state index contributed by atoms with van der Waals surface area (Å²) >= 11 is 0. The summed E-state index contributed by atoms with van der Waals surface area (Å²) in [6.07, 6.45) is 1.38. The lowest BCUT2D eigenvalue weighted by Gasteiger charge is -2.20. The van der Waals surface area contributed by atoms with Crippen LogP contribution in [0.25, 0.3) is 0 Å². The minimum absolute atomic E-state index is 0.0480. The molecule has 6 heteroatoms. The highest BCUT2D eigenvalue weighted by Gasteiger charge is 2.06. The predicted octanol–water partition coefficient (Wildman–Crippen LogP) is -0.297. The van der Waals surface area contributed by atoms with Crippen molar-refractivity contribution in [1.82, 2.24) is 10.2 Å². The third kappa shape index (κ3) is 8.19. The maximum Gasteiger partial charge on any atom is 0.219 e. The zero-order valence-electron chi connectivity index (χ0n) is 10.2. The van der Waals surface area contributed by atoms with Gasteiger partial charge in [0.2, 0.25) is 5.91 Å². The molecule has 0 aromatic carbocycles. The molecule has 94 valence electrons. The molecule has 1 amide bonds. The molecule has 16 heavy (non-hydrogen) atoms. The number of nitrogens with zero attached hydrogens (tertiary/aromatic N) is 2. The van der Waals surface area contributed by atoms with E-state index in [0.29, 0.717) is 32.9 Å². The summed E-state index contributed by atoms with van der Waals surface area (Å²) in [4.78, 5) is 17.0. The van der Waals surface area contributed by atoms with Gasteiger partial charge in [-0.3, -0.25) is 15.1 Å². The van der Waals surface area contributed by atoms with Crippen LogP contribution in [0.4, 0.5) is 0 Å². The molecule has 0 aromatic heterocycles. The second kappa shape index (κ2) is 10.4. The van der Waals surface area contributed by atoms with Crippen LogP contribution in [0.15, 0.2) is 4.99 Å². The highest BCUT2D eigenvalue weighted by molar-refractivity contribution is 5.73. The SMILES string of the molecule is CO/C=N\CCN(CCNCOC)C(C)=O. The molecule has 0 saturated heterocycles. The third-order valence-corrected chi connectivity index (χ3v) is 1.93. The van der Waals surface area contributed by atoms with Gasteiger partial charge in [0.1, 0.15) is 0 Å². The second-order valence-corrected chi connectivity index (χ2v) is 3.19. The topological polar surface area (TPSA) is 63.2 Å². The number of nitrogens with one attached hydrogen (secondary N) is 1. The maximum atomic E-state index is 11.3. The van der Waals surface area contributed by atoms with E-state index in [1.807, 2.05) is 0 Å². The van der Waals surface area contributed by atoms with Gasteiger partial charge in [-0.1, -0.05) is 0 Å². The van der Waals surface area contributed by atoms with Crippen molar-refractivity contribution in [1.29, 1.82) is 0 Å². The van der Waals surface area contributed by atoms with Gasteiger partial charge in [0.05, 0.1) is 20.4 Å². The van der Waals surface area contributed by atoms with Crippen LogP contribution >= 0.6 is 0 Å². The van der Waals surface area contributed by atoms with Crippen molar-refractivity contribution in [2.24, 2.45) is 4.99 Å². The van der Waals surface area contributed by atoms with E-state index in [9.17, 15) is 4.79 Å². The maximum absolute atomic E-state index is 11.3. The van der Waals surface area contributed by atoms with E-state index in [-0.39, 0.29) is 5.91 Å². The van der Waals surface area contributed by atoms with Crippen LogP contribution in [0.5, 0.6) is 0 Å². The predicted molar refractivity (Wildman–Crippen MR) is 62.5 cm³/mol. The van der Waals surface area contributed by atoms with Gasteiger partial charge in [-0.15, -0.1) is 0 Å². The Morgan fingerprint density at radius 1 is 1.44 bits per heavy atom. The molecule has 0 saturated carbocycles. The lowest BCUT2D eigenvalue weighted by atomic mass is 10.4. The molecule has 0 aliphatic rings. The van der Waals surface area contributed by atoms with E-state index in [2.05, 4.69) is 15.0 Å². The third-order valence-electron chi connectivity index (χ3n) is 1.93. The van der Waals surface area contributed by atoms with E-state index in [1.165, 1.54) is 6.40 Å². The molecule has 1 N–H and O–H groups in total. The molecule has 0 aromatic rings. The first kappa shape index (κ1) is 14.9. The van der Waals surface area contributed by atoms with Crippen molar-refractivity contribution < 1.29 is 14.3 Å². The van der Waals surface area contributed by atoms with E-state index < -0.39 is 0 Å². The van der Waals surface area contributed by atoms with Gasteiger partial charge in [-0.05, 0) is 0 Å². The average Bonchev–Trinajstić information content (AvgIpc) is 2.26. The summed E-state index contributed by atoms with van der Waals surface area (Å²) in [7, 11) is 3.16. The van der Waals surface area contributed by atoms with Crippen LogP contribution in [0.3, 0.4) is 0 Å². The van der Waals surface area contributed by atoms with Gasteiger partial charge in [0.25, 0.3) is 0 Å². The van der Waals surface area contributed by atoms with Crippen LogP contribution in [-0.4, -0.2) is 64.3 Å². The fourth-order valence-electron chi connectivity index (χ4n) is 1.12. The molecule has 0 radical (unpaired) electrons. The van der Waals surface area contributed by atoms with Gasteiger partial charge in [0, 0.05) is 33.7 Å². The number of aliphatic imine (C=N–C) groups is 1. The number of ether oxygens (including phenoxy) is 2. The lowest BCUT2D eigenvalue weighted by molar-refractivity contribution is -0.128. The summed E-state index contributed by atoms with van der Waals surface area (Å²) in [6.45, 7) is 4.56. The average molecular weight is 231 g/mol. The van der Waals surface area contributed by atoms with Crippen molar-refractivity contribution >= 4 is 12.3 Å². The number of methoxy groups -OCH3 is 2. The molecule has 0 fully saturated rings. The largest absolute Gasteiger partial charge is 0.487 e. The number of rotatable bonds is 9. The molecule has 0 rings (SSSR count). The number of hydrogen-bond donors (Lipinski definition) is 1. The van der Waals surface area contributed by atoms with Crippen molar-refractivity contribution in [3.8, 4) is 0 Å². The first-order valence-corrected chi connectivity index (χ1v) is 5.18. The second-order valence-electron chi connectivity index (χ2n) is 3.19. The van der Waals surface area contributed by atoms with Gasteiger partial charge >= 0.3 is 0 Å². The van der Waals surface area contributed by atoms with E-state index in [0.717, 1.165) is 0 Å². The fraction of sp³-hybridized carbons (Fsp3) is 0.800. The molecular formula is C10H21N3O3. The molecule has 0 heterocycles. The lowest BCUT2D eigenvalue weighted by Crippen LogP contribution is -2.37. The monoisotopic (exact) mass is 231 g/mol. The van der Waals surface area contributed by atoms with Crippen LogP contribution in [0.2, 0.25) is 0 Å². The quantitative estimate of drug-likeness (QED) is 0.256. The Balaban J connectivity index is 3.71. The molecule has 0 atom stereocenters. The minimum Gasteiger partial charge on any atom is -0.487 e. The van der Waals surface area contributed by atoms with Crippen LogP contribution in [0.1, 0.15) is 6.92 Å². The molecular weight excluding hydrogens is 210 g/mol. The van der Waals surface area contributed by atoms with E-state index >= 15 is 0 Å². The normalized spacial score (nSPS) is 10.7. The molecule has 6 nitrogen and oxygen atoms in total. The van der Waals surface area contributed by atoms with Gasteiger partial charge in [-0.25, -0.2) is 0 Å².